The number of aliphatic hydroxyl groups is 1. The number of aliphatic hydroxyl groups excluding tert-OH is 1. The maximum absolute atomic E-state index is 9.84. The summed E-state index contributed by atoms with van der Waals surface area (Å²) in [6.45, 7) is 1.10. The molecule has 142 valence electrons. The van der Waals surface area contributed by atoms with Crippen LogP contribution in [0.2, 0.25) is 0 Å². The van der Waals surface area contributed by atoms with E-state index in [0.29, 0.717) is 37.3 Å². The monoisotopic (exact) mass is 377 g/mol. The van der Waals surface area contributed by atoms with E-state index in [1.807, 2.05) is 30.3 Å². The molecule has 0 saturated carbocycles. The summed E-state index contributed by atoms with van der Waals surface area (Å²) in [6, 6.07) is 13.7. The standard InChI is InChI=1S/C19H19N7O2/c20-12-19(13-1-3-14(21)4-2-13)7-9-26(10-8-19)17-6-5-15(23-24-17)18-22-16(11-27)25-28-18/h1-6,27H,7-11,21H2. The summed E-state index contributed by atoms with van der Waals surface area (Å²) in [5.74, 6) is 1.15. The summed E-state index contributed by atoms with van der Waals surface area (Å²) >= 11 is 0. The molecule has 9 heteroatoms. The Balaban J connectivity index is 1.47. The van der Waals surface area contributed by atoms with Gasteiger partial charge in [0.1, 0.15) is 6.61 Å². The molecule has 28 heavy (non-hydrogen) atoms. The summed E-state index contributed by atoms with van der Waals surface area (Å²) in [5, 5.41) is 30.9. The van der Waals surface area contributed by atoms with E-state index in [1.165, 1.54) is 0 Å². The molecule has 0 aliphatic carbocycles. The lowest BCUT2D eigenvalue weighted by molar-refractivity contribution is 0.264. The topological polar surface area (TPSA) is 138 Å². The SMILES string of the molecule is N#CC1(c2ccc(N)cc2)CCN(c2ccc(-c3nc(CO)no3)nn2)CC1. The predicted octanol–water partition coefficient (Wildman–Crippen LogP) is 1.66. The van der Waals surface area contributed by atoms with E-state index in [4.69, 9.17) is 15.4 Å². The van der Waals surface area contributed by atoms with Gasteiger partial charge in [-0.3, -0.25) is 0 Å². The first kappa shape index (κ1) is 17.9. The summed E-state index contributed by atoms with van der Waals surface area (Å²) in [7, 11) is 0. The molecule has 0 amide bonds. The number of hydrogen-bond donors (Lipinski definition) is 2. The Labute approximate surface area is 161 Å². The van der Waals surface area contributed by atoms with E-state index < -0.39 is 5.41 Å². The zero-order chi connectivity index (χ0) is 19.6. The van der Waals surface area contributed by atoms with Crippen LogP contribution < -0.4 is 10.6 Å². The van der Waals surface area contributed by atoms with Crippen LogP contribution in [0.3, 0.4) is 0 Å². The first-order valence-electron chi connectivity index (χ1n) is 8.93. The Morgan fingerprint density at radius 2 is 1.89 bits per heavy atom. The number of nitriles is 1. The van der Waals surface area contributed by atoms with Crippen LogP contribution in [0.5, 0.6) is 0 Å². The third-order valence-corrected chi connectivity index (χ3v) is 5.10. The van der Waals surface area contributed by atoms with Gasteiger partial charge in [0.25, 0.3) is 5.89 Å². The minimum atomic E-state index is -0.512. The summed E-state index contributed by atoms with van der Waals surface area (Å²) in [4.78, 5) is 6.13. The maximum atomic E-state index is 9.84. The van der Waals surface area contributed by atoms with E-state index in [2.05, 4.69) is 31.3 Å². The zero-order valence-corrected chi connectivity index (χ0v) is 15.1. The van der Waals surface area contributed by atoms with E-state index in [0.717, 1.165) is 11.4 Å². The van der Waals surface area contributed by atoms with E-state index in [1.54, 1.807) is 6.07 Å². The van der Waals surface area contributed by atoms with E-state index in [-0.39, 0.29) is 18.3 Å². The van der Waals surface area contributed by atoms with Crippen LogP contribution >= 0.6 is 0 Å². The van der Waals surface area contributed by atoms with Gasteiger partial charge in [-0.05, 0) is 42.7 Å². The molecule has 0 spiro atoms. The summed E-state index contributed by atoms with van der Waals surface area (Å²) in [5.41, 5.74) is 7.40. The van der Waals surface area contributed by atoms with E-state index in [9.17, 15) is 5.26 Å². The molecule has 0 bridgehead atoms. The molecule has 0 atom stereocenters. The molecular weight excluding hydrogens is 358 g/mol. The number of piperidine rings is 1. The van der Waals surface area contributed by atoms with Crippen LogP contribution in [-0.4, -0.2) is 38.5 Å². The molecule has 1 aromatic carbocycles. The fourth-order valence-corrected chi connectivity index (χ4v) is 3.41. The van der Waals surface area contributed by atoms with Crippen LogP contribution in [0.1, 0.15) is 24.2 Å². The number of rotatable bonds is 4. The molecule has 3 aromatic rings. The number of benzene rings is 1. The Morgan fingerprint density at radius 3 is 2.46 bits per heavy atom. The van der Waals surface area contributed by atoms with Gasteiger partial charge in [-0.1, -0.05) is 17.3 Å². The highest BCUT2D eigenvalue weighted by Gasteiger charge is 2.36. The van der Waals surface area contributed by atoms with Gasteiger partial charge in [0.15, 0.2) is 17.3 Å². The number of anilines is 2. The van der Waals surface area contributed by atoms with Crippen LogP contribution in [0.4, 0.5) is 11.5 Å². The highest BCUT2D eigenvalue weighted by Crippen LogP contribution is 2.36. The molecule has 3 N–H and O–H groups in total. The highest BCUT2D eigenvalue weighted by molar-refractivity contribution is 5.50. The molecule has 4 rings (SSSR count). The van der Waals surface area contributed by atoms with Crippen LogP contribution in [0.25, 0.3) is 11.6 Å². The third-order valence-electron chi connectivity index (χ3n) is 5.10. The Hall–Kier alpha value is -3.51. The van der Waals surface area contributed by atoms with Gasteiger partial charge in [0, 0.05) is 18.8 Å². The van der Waals surface area contributed by atoms with Crippen molar-refractivity contribution < 1.29 is 9.63 Å². The Bertz CT molecular complexity index is 984. The van der Waals surface area contributed by atoms with Crippen molar-refractivity contribution in [2.45, 2.75) is 24.9 Å². The lowest BCUT2D eigenvalue weighted by Crippen LogP contribution is -2.42. The zero-order valence-electron chi connectivity index (χ0n) is 15.1. The van der Waals surface area contributed by atoms with Crippen LogP contribution in [0, 0.1) is 11.3 Å². The normalized spacial score (nSPS) is 15.9. The third kappa shape index (κ3) is 3.25. The molecule has 1 fully saturated rings. The van der Waals surface area contributed by atoms with Gasteiger partial charge < -0.3 is 20.3 Å². The molecule has 1 saturated heterocycles. The van der Waals surface area contributed by atoms with Crippen molar-refractivity contribution in [2.24, 2.45) is 0 Å². The average molecular weight is 377 g/mol. The molecule has 1 aliphatic heterocycles. The minimum absolute atomic E-state index is 0.201. The van der Waals surface area contributed by atoms with Crippen molar-refractivity contribution in [3.8, 4) is 17.7 Å². The number of nitrogens with two attached hydrogens (primary N) is 1. The highest BCUT2D eigenvalue weighted by atomic mass is 16.5. The quantitative estimate of drug-likeness (QED) is 0.650. The van der Waals surface area contributed by atoms with Crippen molar-refractivity contribution >= 4 is 11.5 Å². The lowest BCUT2D eigenvalue weighted by Gasteiger charge is -2.38. The second-order valence-corrected chi connectivity index (χ2v) is 6.75. The fraction of sp³-hybridized carbons (Fsp3) is 0.316. The largest absolute Gasteiger partial charge is 0.399 e. The number of aromatic nitrogens is 4. The molecule has 9 nitrogen and oxygen atoms in total. The van der Waals surface area contributed by atoms with Crippen molar-refractivity contribution in [1.29, 1.82) is 5.26 Å². The predicted molar refractivity (Wildman–Crippen MR) is 101 cm³/mol. The summed E-state index contributed by atoms with van der Waals surface area (Å²) in [6.07, 6.45) is 1.39. The number of hydrogen-bond acceptors (Lipinski definition) is 9. The van der Waals surface area contributed by atoms with Crippen LogP contribution in [0.15, 0.2) is 40.9 Å². The van der Waals surface area contributed by atoms with Crippen molar-refractivity contribution in [1.82, 2.24) is 20.3 Å². The second-order valence-electron chi connectivity index (χ2n) is 6.75. The molecule has 3 heterocycles. The minimum Gasteiger partial charge on any atom is -0.399 e. The molecular formula is C19H19N7O2. The second kappa shape index (κ2) is 7.25. The maximum Gasteiger partial charge on any atom is 0.278 e. The van der Waals surface area contributed by atoms with Gasteiger partial charge in [-0.2, -0.15) is 10.2 Å². The van der Waals surface area contributed by atoms with E-state index >= 15 is 0 Å². The van der Waals surface area contributed by atoms with Crippen molar-refractivity contribution in [3.05, 3.63) is 47.8 Å². The van der Waals surface area contributed by atoms with Gasteiger partial charge in [0.2, 0.25) is 0 Å². The Kier molecular flexibility index (Phi) is 4.63. The fourth-order valence-electron chi connectivity index (χ4n) is 3.41. The van der Waals surface area contributed by atoms with Gasteiger partial charge >= 0.3 is 0 Å². The number of nitrogens with zero attached hydrogens (tertiary/aromatic N) is 6. The van der Waals surface area contributed by atoms with Gasteiger partial charge in [-0.25, -0.2) is 0 Å². The number of nitrogen functional groups attached to an aromatic ring is 1. The molecule has 0 radical (unpaired) electrons. The van der Waals surface area contributed by atoms with Gasteiger partial charge in [-0.15, -0.1) is 10.2 Å². The summed E-state index contributed by atoms with van der Waals surface area (Å²) < 4.78 is 5.04. The lowest BCUT2D eigenvalue weighted by atomic mass is 9.74. The van der Waals surface area contributed by atoms with Crippen molar-refractivity contribution in [3.63, 3.8) is 0 Å². The molecule has 0 unspecified atom stereocenters. The Morgan fingerprint density at radius 1 is 1.14 bits per heavy atom. The molecule has 1 aliphatic rings. The first-order chi connectivity index (χ1) is 13.6. The average Bonchev–Trinajstić information content (AvgIpc) is 3.24. The smallest absolute Gasteiger partial charge is 0.278 e. The van der Waals surface area contributed by atoms with Crippen molar-refractivity contribution in [2.75, 3.05) is 23.7 Å². The first-order valence-corrected chi connectivity index (χ1v) is 8.93. The van der Waals surface area contributed by atoms with Crippen LogP contribution in [-0.2, 0) is 12.0 Å². The molecule has 2 aromatic heterocycles. The van der Waals surface area contributed by atoms with Gasteiger partial charge in [0.05, 0.1) is 11.5 Å².